The molecule has 0 spiro atoms. The largest absolute Gasteiger partial charge is 0.461 e. The first-order chi connectivity index (χ1) is 15.5. The summed E-state index contributed by atoms with van der Waals surface area (Å²) in [6, 6.07) is 15.2. The first-order valence-electron chi connectivity index (χ1n) is 10.1. The quantitative estimate of drug-likeness (QED) is 0.480. The molecule has 0 unspecified atom stereocenters. The highest BCUT2D eigenvalue weighted by Crippen LogP contribution is 2.38. The fourth-order valence-corrected chi connectivity index (χ4v) is 3.64. The number of rotatable bonds is 8. The van der Waals surface area contributed by atoms with Crippen LogP contribution in [0.15, 0.2) is 65.6 Å². The topological polar surface area (TPSA) is 63.8 Å². The Hall–Kier alpha value is -3.10. The smallest absolute Gasteiger partial charge is 0.387 e. The molecule has 2 aromatic carbocycles. The van der Waals surface area contributed by atoms with Gasteiger partial charge in [0.2, 0.25) is 0 Å². The lowest BCUT2D eigenvalue weighted by atomic mass is 10.1. The molecule has 0 radical (unpaired) electrons. The highest BCUT2D eigenvalue weighted by molar-refractivity contribution is 6.30. The van der Waals surface area contributed by atoms with Crippen molar-refractivity contribution in [2.75, 3.05) is 11.5 Å². The van der Waals surface area contributed by atoms with Crippen LogP contribution in [0.3, 0.4) is 0 Å². The highest BCUT2D eigenvalue weighted by atomic mass is 35.5. The molecule has 0 amide bonds. The molecule has 32 heavy (non-hydrogen) atoms. The second kappa shape index (κ2) is 10.0. The summed E-state index contributed by atoms with van der Waals surface area (Å²) in [4.78, 5) is 16.8. The van der Waals surface area contributed by atoms with E-state index >= 15 is 0 Å². The minimum absolute atomic E-state index is 0.0946. The SMILES string of the molecule is O=c1[nH]cccc1CN(c1cccc(Cl)c1)c1ccc(OC(F)F)c(O[C@@H]2CCCO2)c1. The van der Waals surface area contributed by atoms with Crippen LogP contribution < -0.4 is 19.9 Å². The average molecular weight is 463 g/mol. The zero-order valence-corrected chi connectivity index (χ0v) is 17.7. The zero-order chi connectivity index (χ0) is 22.5. The number of benzene rings is 2. The van der Waals surface area contributed by atoms with Crippen molar-refractivity contribution in [2.24, 2.45) is 0 Å². The summed E-state index contributed by atoms with van der Waals surface area (Å²) in [7, 11) is 0. The predicted molar refractivity (Wildman–Crippen MR) is 117 cm³/mol. The third-order valence-corrected chi connectivity index (χ3v) is 5.18. The number of hydrogen-bond donors (Lipinski definition) is 1. The first kappa shape index (κ1) is 22.1. The van der Waals surface area contributed by atoms with Gasteiger partial charge in [0.1, 0.15) is 0 Å². The molecule has 0 aliphatic carbocycles. The third kappa shape index (κ3) is 5.38. The van der Waals surface area contributed by atoms with Gasteiger partial charge >= 0.3 is 6.61 Å². The molecule has 3 aromatic rings. The van der Waals surface area contributed by atoms with E-state index in [0.29, 0.717) is 35.0 Å². The van der Waals surface area contributed by atoms with Crippen LogP contribution in [0.25, 0.3) is 0 Å². The Bertz CT molecular complexity index is 1120. The fraction of sp³-hybridized carbons (Fsp3) is 0.261. The van der Waals surface area contributed by atoms with Gasteiger partial charge in [-0.1, -0.05) is 23.7 Å². The van der Waals surface area contributed by atoms with Gasteiger partial charge in [-0.2, -0.15) is 8.78 Å². The fourth-order valence-electron chi connectivity index (χ4n) is 3.46. The van der Waals surface area contributed by atoms with Crippen molar-refractivity contribution in [3.8, 4) is 11.5 Å². The standard InChI is InChI=1S/C23H21ClF2N2O4/c24-16-5-1-6-17(12-16)28(14-15-4-2-10-27-22(15)29)18-8-9-19(32-23(25)26)20(13-18)31-21-7-3-11-30-21/h1-2,4-6,8-10,12-13,21,23H,3,7,11,14H2,(H,27,29)/t21-/m1/s1. The van der Waals surface area contributed by atoms with Crippen LogP contribution in [-0.2, 0) is 11.3 Å². The summed E-state index contributed by atoms with van der Waals surface area (Å²) in [5.41, 5.74) is 1.60. The van der Waals surface area contributed by atoms with Crippen molar-refractivity contribution in [1.82, 2.24) is 4.98 Å². The van der Waals surface area contributed by atoms with E-state index in [-0.39, 0.29) is 23.6 Å². The maximum Gasteiger partial charge on any atom is 0.387 e. The molecule has 2 heterocycles. The summed E-state index contributed by atoms with van der Waals surface area (Å²) in [6.45, 7) is -2.24. The van der Waals surface area contributed by atoms with Crippen molar-refractivity contribution in [2.45, 2.75) is 32.3 Å². The molecule has 1 saturated heterocycles. The second-order valence-corrected chi connectivity index (χ2v) is 7.60. The number of pyridine rings is 1. The summed E-state index contributed by atoms with van der Waals surface area (Å²) in [6.07, 6.45) is 2.48. The molecular weight excluding hydrogens is 442 g/mol. The summed E-state index contributed by atoms with van der Waals surface area (Å²) >= 11 is 6.20. The maximum absolute atomic E-state index is 12.9. The number of anilines is 2. The molecule has 0 saturated carbocycles. The van der Waals surface area contributed by atoms with Crippen molar-refractivity contribution in [1.29, 1.82) is 0 Å². The molecule has 6 nitrogen and oxygen atoms in total. The Kier molecular flexibility index (Phi) is 6.92. The Morgan fingerprint density at radius 1 is 1.12 bits per heavy atom. The van der Waals surface area contributed by atoms with Crippen LogP contribution in [-0.4, -0.2) is 24.5 Å². The number of aromatic nitrogens is 1. The monoisotopic (exact) mass is 462 g/mol. The molecule has 1 fully saturated rings. The van der Waals surface area contributed by atoms with Crippen molar-refractivity contribution in [3.05, 3.63) is 81.7 Å². The number of alkyl halides is 2. The van der Waals surface area contributed by atoms with Crippen molar-refractivity contribution in [3.63, 3.8) is 0 Å². The van der Waals surface area contributed by atoms with Gasteiger partial charge in [0, 0.05) is 40.6 Å². The minimum atomic E-state index is -3.00. The Balaban J connectivity index is 1.75. The van der Waals surface area contributed by atoms with E-state index in [9.17, 15) is 13.6 Å². The van der Waals surface area contributed by atoms with Gasteiger partial charge in [0.15, 0.2) is 17.8 Å². The van der Waals surface area contributed by atoms with Crippen molar-refractivity contribution >= 4 is 23.0 Å². The number of nitrogens with one attached hydrogen (secondary N) is 1. The third-order valence-electron chi connectivity index (χ3n) is 4.95. The van der Waals surface area contributed by atoms with E-state index in [1.807, 2.05) is 11.0 Å². The molecular formula is C23H21ClF2N2O4. The van der Waals surface area contributed by atoms with Crippen LogP contribution in [0, 0.1) is 0 Å². The first-order valence-corrected chi connectivity index (χ1v) is 10.4. The van der Waals surface area contributed by atoms with Crippen molar-refractivity contribution < 1.29 is 23.0 Å². The Morgan fingerprint density at radius 3 is 2.69 bits per heavy atom. The lowest BCUT2D eigenvalue weighted by Crippen LogP contribution is -2.23. The van der Waals surface area contributed by atoms with Gasteiger partial charge in [0.05, 0.1) is 13.2 Å². The van der Waals surface area contributed by atoms with Crippen LogP contribution in [0.4, 0.5) is 20.2 Å². The summed E-state index contributed by atoms with van der Waals surface area (Å²) < 4.78 is 41.8. The summed E-state index contributed by atoms with van der Waals surface area (Å²) in [5.74, 6) is 0.0338. The molecule has 168 valence electrons. The molecule has 9 heteroatoms. The number of halogens is 3. The lowest BCUT2D eigenvalue weighted by Gasteiger charge is -2.26. The molecule has 1 aliphatic heterocycles. The maximum atomic E-state index is 12.9. The number of aromatic amines is 1. The molecule has 1 atom stereocenters. The number of hydrogen-bond acceptors (Lipinski definition) is 5. The number of nitrogens with zero attached hydrogens (tertiary/aromatic N) is 1. The van der Waals surface area contributed by atoms with E-state index in [4.69, 9.17) is 21.1 Å². The van der Waals surface area contributed by atoms with Gasteiger partial charge in [-0.05, 0) is 42.8 Å². The highest BCUT2D eigenvalue weighted by Gasteiger charge is 2.22. The molecule has 1 aromatic heterocycles. The molecule has 4 rings (SSSR count). The van der Waals surface area contributed by atoms with E-state index in [1.165, 1.54) is 6.07 Å². The Morgan fingerprint density at radius 2 is 1.97 bits per heavy atom. The van der Waals surface area contributed by atoms with Gasteiger partial charge in [-0.25, -0.2) is 0 Å². The van der Waals surface area contributed by atoms with E-state index in [2.05, 4.69) is 9.72 Å². The second-order valence-electron chi connectivity index (χ2n) is 7.16. The van der Waals surface area contributed by atoms with Gasteiger partial charge < -0.3 is 24.1 Å². The number of ether oxygens (including phenoxy) is 3. The van der Waals surface area contributed by atoms with E-state index in [1.54, 1.807) is 48.7 Å². The molecule has 0 bridgehead atoms. The average Bonchev–Trinajstić information content (AvgIpc) is 3.27. The van der Waals surface area contributed by atoms with Gasteiger partial charge in [0.25, 0.3) is 5.56 Å². The lowest BCUT2D eigenvalue weighted by molar-refractivity contribution is -0.0632. The zero-order valence-electron chi connectivity index (χ0n) is 17.0. The van der Waals surface area contributed by atoms with Gasteiger partial charge in [-0.15, -0.1) is 0 Å². The van der Waals surface area contributed by atoms with Crippen LogP contribution in [0.2, 0.25) is 5.02 Å². The Labute approximate surface area is 188 Å². The predicted octanol–water partition coefficient (Wildman–Crippen LogP) is 5.48. The van der Waals surface area contributed by atoms with Crippen LogP contribution in [0.5, 0.6) is 11.5 Å². The molecule has 1 aliphatic rings. The minimum Gasteiger partial charge on any atom is -0.461 e. The van der Waals surface area contributed by atoms with E-state index in [0.717, 1.165) is 6.42 Å². The van der Waals surface area contributed by atoms with E-state index < -0.39 is 12.9 Å². The normalized spacial score (nSPS) is 15.7. The molecule has 1 N–H and O–H groups in total. The van der Waals surface area contributed by atoms with Crippen LogP contribution in [0.1, 0.15) is 18.4 Å². The summed E-state index contributed by atoms with van der Waals surface area (Å²) in [5, 5.41) is 0.517. The van der Waals surface area contributed by atoms with Gasteiger partial charge in [-0.3, -0.25) is 4.79 Å². The van der Waals surface area contributed by atoms with Crippen LogP contribution >= 0.6 is 11.6 Å². The number of H-pyrrole nitrogens is 1.